The molecule has 0 saturated heterocycles. The molecule has 1 heterocycles. The van der Waals surface area contributed by atoms with Gasteiger partial charge in [0.15, 0.2) is 0 Å². The summed E-state index contributed by atoms with van der Waals surface area (Å²) in [5.74, 6) is -0.177. The Bertz CT molecular complexity index is 582. The highest BCUT2D eigenvalue weighted by Gasteiger charge is 2.35. The topological polar surface area (TPSA) is 34.9 Å². The molecule has 1 atom stereocenters. The van der Waals surface area contributed by atoms with E-state index in [1.165, 1.54) is 10.9 Å². The fourth-order valence-corrected chi connectivity index (χ4v) is 2.87. The molecule has 2 rings (SSSR count). The van der Waals surface area contributed by atoms with Crippen molar-refractivity contribution in [1.82, 2.24) is 9.55 Å². The van der Waals surface area contributed by atoms with Gasteiger partial charge < -0.3 is 0 Å². The summed E-state index contributed by atoms with van der Waals surface area (Å²) in [6, 6.07) is 5.04. The summed E-state index contributed by atoms with van der Waals surface area (Å²) in [5, 5.41) is 0.970. The molecule has 2 aromatic rings. The monoisotopic (exact) mass is 346 g/mol. The summed E-state index contributed by atoms with van der Waals surface area (Å²) < 4.78 is 0.467. The first-order valence-electron chi connectivity index (χ1n) is 5.10. The highest BCUT2D eigenvalue weighted by molar-refractivity contribution is 9.10. The number of hydrogen-bond donors (Lipinski definition) is 0. The molecule has 0 radical (unpaired) electrons. The van der Waals surface area contributed by atoms with Gasteiger partial charge >= 0.3 is 0 Å². The van der Waals surface area contributed by atoms with Gasteiger partial charge in [-0.25, -0.2) is 4.98 Å². The molecule has 6 heteroatoms. The Morgan fingerprint density at radius 1 is 1.44 bits per heavy atom. The Morgan fingerprint density at radius 2 is 2.17 bits per heavy atom. The van der Waals surface area contributed by atoms with Gasteiger partial charge in [0.05, 0.1) is 0 Å². The van der Waals surface area contributed by atoms with Crippen molar-refractivity contribution in [2.45, 2.75) is 11.2 Å². The van der Waals surface area contributed by atoms with Crippen molar-refractivity contribution in [3.05, 3.63) is 52.5 Å². The first-order valence-corrected chi connectivity index (χ1v) is 6.65. The second kappa shape index (κ2) is 5.03. The Morgan fingerprint density at radius 3 is 2.72 bits per heavy atom. The molecule has 0 fully saturated rings. The van der Waals surface area contributed by atoms with E-state index in [0.29, 0.717) is 15.6 Å². The normalized spacial score (nSPS) is 14.2. The number of carbonyl (C=O) groups excluding carboxylic acids is 1. The zero-order chi connectivity index (χ0) is 13.3. The van der Waals surface area contributed by atoms with Gasteiger partial charge in [-0.1, -0.05) is 45.2 Å². The van der Waals surface area contributed by atoms with Crippen molar-refractivity contribution in [3.8, 4) is 0 Å². The largest absolute Gasteiger partial charge is 0.275 e. The molecule has 0 saturated carbocycles. The highest BCUT2D eigenvalue weighted by atomic mass is 79.9. The van der Waals surface area contributed by atoms with Gasteiger partial charge in [-0.2, -0.15) is 0 Å². The van der Waals surface area contributed by atoms with Gasteiger partial charge in [0, 0.05) is 22.4 Å². The minimum absolute atomic E-state index is 0.177. The van der Waals surface area contributed by atoms with E-state index in [0.717, 1.165) is 0 Å². The molecule has 0 spiro atoms. The Kier molecular flexibility index (Phi) is 3.80. The van der Waals surface area contributed by atoms with E-state index < -0.39 is 4.32 Å². The van der Waals surface area contributed by atoms with Crippen LogP contribution in [-0.4, -0.2) is 15.5 Å². The van der Waals surface area contributed by atoms with Gasteiger partial charge in [-0.15, -0.1) is 0 Å². The van der Waals surface area contributed by atoms with E-state index in [2.05, 4.69) is 20.9 Å². The smallest absolute Gasteiger partial charge is 0.253 e. The summed E-state index contributed by atoms with van der Waals surface area (Å²) in [6.45, 7) is 1.74. The summed E-state index contributed by atoms with van der Waals surface area (Å²) in [6.07, 6.45) is 4.59. The van der Waals surface area contributed by atoms with Gasteiger partial charge in [-0.05, 0) is 24.6 Å². The number of carbonyl (C=O) groups is 1. The van der Waals surface area contributed by atoms with Crippen molar-refractivity contribution in [3.63, 3.8) is 0 Å². The molecule has 0 aliphatic carbocycles. The van der Waals surface area contributed by atoms with Crippen LogP contribution >= 0.6 is 39.1 Å². The average Bonchev–Trinajstić information content (AvgIpc) is 2.80. The van der Waals surface area contributed by atoms with Crippen LogP contribution in [0.4, 0.5) is 0 Å². The zero-order valence-electron chi connectivity index (χ0n) is 9.40. The number of rotatable bonds is 2. The minimum Gasteiger partial charge on any atom is -0.275 e. The second-order valence-corrected chi connectivity index (χ2v) is 6.33. The molecule has 1 unspecified atom stereocenters. The quantitative estimate of drug-likeness (QED) is 0.765. The molecule has 1 aromatic heterocycles. The summed E-state index contributed by atoms with van der Waals surface area (Å²) in [7, 11) is 0. The maximum Gasteiger partial charge on any atom is 0.253 e. The number of imidazole rings is 1. The number of hydrogen-bond acceptors (Lipinski definition) is 2. The van der Waals surface area contributed by atoms with E-state index in [9.17, 15) is 4.79 Å². The number of halogens is 3. The molecule has 0 aliphatic heterocycles. The summed E-state index contributed by atoms with van der Waals surface area (Å²) in [4.78, 5) is 16.2. The molecule has 0 amide bonds. The lowest BCUT2D eigenvalue weighted by Crippen LogP contribution is -2.30. The van der Waals surface area contributed by atoms with Gasteiger partial charge in [-0.3, -0.25) is 9.36 Å². The summed E-state index contributed by atoms with van der Waals surface area (Å²) >= 11 is 15.4. The Balaban J connectivity index is 2.44. The maximum atomic E-state index is 12.3. The van der Waals surface area contributed by atoms with Crippen LogP contribution in [0.25, 0.3) is 0 Å². The van der Waals surface area contributed by atoms with Crippen molar-refractivity contribution in [2.24, 2.45) is 0 Å². The SMILES string of the molecule is CC(Br)(C(=O)n1ccnc1)c1ccc(Cl)cc1Cl. The Labute approximate surface area is 123 Å². The molecular formula is C12H9BrCl2N2O. The predicted octanol–water partition coefficient (Wildman–Crippen LogP) is 4.14. The van der Waals surface area contributed by atoms with Crippen LogP contribution in [0.1, 0.15) is 17.3 Å². The van der Waals surface area contributed by atoms with E-state index >= 15 is 0 Å². The predicted molar refractivity (Wildman–Crippen MR) is 75.6 cm³/mol. The molecule has 94 valence electrons. The molecule has 0 aliphatic rings. The second-order valence-electron chi connectivity index (χ2n) is 3.90. The molecule has 1 aromatic carbocycles. The zero-order valence-corrected chi connectivity index (χ0v) is 12.5. The van der Waals surface area contributed by atoms with Crippen LogP contribution in [0.3, 0.4) is 0 Å². The van der Waals surface area contributed by atoms with Crippen LogP contribution < -0.4 is 0 Å². The third kappa shape index (κ3) is 2.46. The van der Waals surface area contributed by atoms with Crippen molar-refractivity contribution >= 4 is 45.0 Å². The lowest BCUT2D eigenvalue weighted by molar-refractivity contribution is 0.0870. The van der Waals surface area contributed by atoms with Crippen LogP contribution in [0.2, 0.25) is 10.0 Å². The van der Waals surface area contributed by atoms with Crippen LogP contribution in [0.15, 0.2) is 36.9 Å². The van der Waals surface area contributed by atoms with Crippen molar-refractivity contribution < 1.29 is 4.79 Å². The summed E-state index contributed by atoms with van der Waals surface area (Å²) in [5.41, 5.74) is 0.660. The van der Waals surface area contributed by atoms with Crippen LogP contribution in [0.5, 0.6) is 0 Å². The maximum absolute atomic E-state index is 12.3. The highest BCUT2D eigenvalue weighted by Crippen LogP contribution is 2.38. The number of benzene rings is 1. The third-order valence-corrected chi connectivity index (χ3v) is 3.89. The molecule has 18 heavy (non-hydrogen) atoms. The molecule has 0 N–H and O–H groups in total. The van der Waals surface area contributed by atoms with E-state index in [1.807, 2.05) is 0 Å². The lowest BCUT2D eigenvalue weighted by Gasteiger charge is -2.22. The molecular weight excluding hydrogens is 339 g/mol. The van der Waals surface area contributed by atoms with Crippen molar-refractivity contribution in [2.75, 3.05) is 0 Å². The van der Waals surface area contributed by atoms with E-state index in [-0.39, 0.29) is 5.91 Å². The molecule has 3 nitrogen and oxygen atoms in total. The van der Waals surface area contributed by atoms with Gasteiger partial charge in [0.2, 0.25) is 0 Å². The fraction of sp³-hybridized carbons (Fsp3) is 0.167. The lowest BCUT2D eigenvalue weighted by atomic mass is 10.00. The first kappa shape index (κ1) is 13.6. The van der Waals surface area contributed by atoms with Crippen LogP contribution in [0, 0.1) is 0 Å². The molecule has 0 bridgehead atoms. The van der Waals surface area contributed by atoms with Crippen molar-refractivity contribution in [1.29, 1.82) is 0 Å². The van der Waals surface area contributed by atoms with Gasteiger partial charge in [0.1, 0.15) is 10.7 Å². The Hall–Kier alpha value is -0.840. The first-order chi connectivity index (χ1) is 8.43. The number of nitrogens with zero attached hydrogens (tertiary/aromatic N) is 2. The number of alkyl halides is 1. The van der Waals surface area contributed by atoms with E-state index in [1.54, 1.807) is 37.5 Å². The third-order valence-electron chi connectivity index (χ3n) is 2.58. The van der Waals surface area contributed by atoms with Crippen LogP contribution in [-0.2, 0) is 4.32 Å². The van der Waals surface area contributed by atoms with Gasteiger partial charge in [0.25, 0.3) is 5.91 Å². The average molecular weight is 348 g/mol. The van der Waals surface area contributed by atoms with E-state index in [4.69, 9.17) is 23.2 Å². The number of aromatic nitrogens is 2. The fourth-order valence-electron chi connectivity index (χ4n) is 1.61. The standard InChI is InChI=1S/C12H9BrCl2N2O/c1-12(13,11(18)17-5-4-16-7-17)9-3-2-8(14)6-10(9)15/h2-7H,1H3. The minimum atomic E-state index is -0.935.